The lowest BCUT2D eigenvalue weighted by Crippen LogP contribution is -2.53. The molecule has 1 saturated heterocycles. The van der Waals surface area contributed by atoms with Gasteiger partial charge in [0.1, 0.15) is 11.3 Å². The third-order valence-electron chi connectivity index (χ3n) is 5.64. The number of ether oxygens (including phenoxy) is 1. The van der Waals surface area contributed by atoms with Gasteiger partial charge in [0, 0.05) is 23.0 Å². The van der Waals surface area contributed by atoms with E-state index < -0.39 is 17.6 Å². The van der Waals surface area contributed by atoms with E-state index in [1.807, 2.05) is 24.3 Å². The molecule has 2 amide bonds. The summed E-state index contributed by atoms with van der Waals surface area (Å²) in [5, 5.41) is 19.2. The number of aliphatic hydroxyl groups is 1. The standard InChI is InChI=1S/C21H23N3O4/c1-12(25)18-11-16(19(26)22-13-7-9-14(28-2)10-8-13)21(24-18)15-5-3-4-6-17(15)23-20(21)27/h3-10,12,16,18,24-25H,11H2,1-2H3,(H,22,26)(H,23,27)/t12-,16-,18+,21+/m1/s1. The first-order valence-corrected chi connectivity index (χ1v) is 9.27. The molecule has 0 aromatic heterocycles. The molecule has 4 rings (SSSR count). The van der Waals surface area contributed by atoms with Gasteiger partial charge >= 0.3 is 0 Å². The number of para-hydroxylation sites is 1. The average Bonchev–Trinajstić information content (AvgIpc) is 3.23. The zero-order valence-electron chi connectivity index (χ0n) is 15.7. The van der Waals surface area contributed by atoms with Gasteiger partial charge in [-0.2, -0.15) is 0 Å². The molecule has 146 valence electrons. The number of hydrogen-bond acceptors (Lipinski definition) is 5. The van der Waals surface area contributed by atoms with Crippen LogP contribution in [0.4, 0.5) is 11.4 Å². The Morgan fingerprint density at radius 1 is 1.25 bits per heavy atom. The van der Waals surface area contributed by atoms with Crippen LogP contribution >= 0.6 is 0 Å². The van der Waals surface area contributed by atoms with Gasteiger partial charge < -0.3 is 20.5 Å². The van der Waals surface area contributed by atoms with E-state index in [1.54, 1.807) is 38.3 Å². The lowest BCUT2D eigenvalue weighted by atomic mass is 9.79. The van der Waals surface area contributed by atoms with E-state index in [9.17, 15) is 14.7 Å². The number of nitrogens with one attached hydrogen (secondary N) is 3. The molecule has 0 bridgehead atoms. The number of aliphatic hydroxyl groups excluding tert-OH is 1. The molecule has 28 heavy (non-hydrogen) atoms. The lowest BCUT2D eigenvalue weighted by Gasteiger charge is -2.29. The number of hydrogen-bond donors (Lipinski definition) is 4. The maximum Gasteiger partial charge on any atom is 0.250 e. The third kappa shape index (κ3) is 2.83. The molecule has 0 aliphatic carbocycles. The van der Waals surface area contributed by atoms with Crippen molar-refractivity contribution in [1.29, 1.82) is 0 Å². The van der Waals surface area contributed by atoms with E-state index in [2.05, 4.69) is 16.0 Å². The van der Waals surface area contributed by atoms with E-state index in [-0.39, 0.29) is 17.9 Å². The van der Waals surface area contributed by atoms with Crippen LogP contribution in [-0.2, 0) is 15.1 Å². The minimum Gasteiger partial charge on any atom is -0.497 e. The maximum absolute atomic E-state index is 13.2. The monoisotopic (exact) mass is 381 g/mol. The Morgan fingerprint density at radius 3 is 2.64 bits per heavy atom. The zero-order valence-corrected chi connectivity index (χ0v) is 15.7. The smallest absolute Gasteiger partial charge is 0.250 e. The van der Waals surface area contributed by atoms with Crippen LogP contribution in [0.1, 0.15) is 18.9 Å². The summed E-state index contributed by atoms with van der Waals surface area (Å²) in [6.07, 6.45) is -0.349. The van der Waals surface area contributed by atoms with Crippen LogP contribution in [0.15, 0.2) is 48.5 Å². The van der Waals surface area contributed by atoms with E-state index in [4.69, 9.17) is 4.74 Å². The van der Waals surface area contributed by atoms with Gasteiger partial charge in [0.15, 0.2) is 0 Å². The highest BCUT2D eigenvalue weighted by Crippen LogP contribution is 2.47. The normalized spacial score (nSPS) is 26.6. The van der Waals surface area contributed by atoms with Crippen molar-refractivity contribution < 1.29 is 19.4 Å². The maximum atomic E-state index is 13.2. The summed E-state index contributed by atoms with van der Waals surface area (Å²) in [4.78, 5) is 26.2. The summed E-state index contributed by atoms with van der Waals surface area (Å²) in [5.41, 5.74) is 0.842. The summed E-state index contributed by atoms with van der Waals surface area (Å²) in [6.45, 7) is 1.66. The molecule has 4 N–H and O–H groups in total. The predicted octanol–water partition coefficient (Wildman–Crippen LogP) is 1.84. The van der Waals surface area contributed by atoms with Gasteiger partial charge in [-0.05, 0) is 43.7 Å². The fourth-order valence-electron chi connectivity index (χ4n) is 4.18. The number of carbonyl (C=O) groups excluding carboxylic acids is 2. The minimum absolute atomic E-state index is 0.271. The minimum atomic E-state index is -1.20. The Kier molecular flexibility index (Phi) is 4.56. The first-order valence-electron chi connectivity index (χ1n) is 9.27. The van der Waals surface area contributed by atoms with Crippen LogP contribution in [-0.4, -0.2) is 36.2 Å². The highest BCUT2D eigenvalue weighted by molar-refractivity contribution is 6.10. The number of carbonyl (C=O) groups is 2. The zero-order chi connectivity index (χ0) is 19.9. The van der Waals surface area contributed by atoms with Crippen molar-refractivity contribution in [3.8, 4) is 5.75 Å². The van der Waals surface area contributed by atoms with Crippen molar-refractivity contribution in [2.45, 2.75) is 31.0 Å². The van der Waals surface area contributed by atoms with Gasteiger partial charge in [-0.3, -0.25) is 14.9 Å². The highest BCUT2D eigenvalue weighted by Gasteiger charge is 2.60. The number of rotatable bonds is 4. The van der Waals surface area contributed by atoms with Crippen molar-refractivity contribution >= 4 is 23.2 Å². The number of methoxy groups -OCH3 is 1. The van der Waals surface area contributed by atoms with Crippen molar-refractivity contribution in [2.24, 2.45) is 5.92 Å². The Labute approximate surface area is 163 Å². The molecule has 1 spiro atoms. The Balaban J connectivity index is 1.69. The topological polar surface area (TPSA) is 99.7 Å². The number of amides is 2. The molecular formula is C21H23N3O4. The molecule has 0 unspecified atom stereocenters. The molecule has 7 nitrogen and oxygen atoms in total. The Morgan fingerprint density at radius 2 is 1.96 bits per heavy atom. The molecule has 0 radical (unpaired) electrons. The highest BCUT2D eigenvalue weighted by atomic mass is 16.5. The van der Waals surface area contributed by atoms with Crippen LogP contribution < -0.4 is 20.7 Å². The molecule has 1 fully saturated rings. The van der Waals surface area contributed by atoms with E-state index >= 15 is 0 Å². The van der Waals surface area contributed by atoms with E-state index in [0.29, 0.717) is 23.5 Å². The SMILES string of the molecule is COc1ccc(NC(=O)[C@H]2C[C@@H]([C@@H](C)O)N[C@]23C(=O)Nc2ccccc23)cc1. The molecular weight excluding hydrogens is 358 g/mol. The first-order chi connectivity index (χ1) is 13.5. The van der Waals surface area contributed by atoms with Gasteiger partial charge in [0.2, 0.25) is 11.8 Å². The molecule has 2 aliphatic heterocycles. The van der Waals surface area contributed by atoms with E-state index in [1.165, 1.54) is 0 Å². The molecule has 4 atom stereocenters. The Hall–Kier alpha value is -2.90. The summed E-state index contributed by atoms with van der Waals surface area (Å²) >= 11 is 0. The van der Waals surface area contributed by atoms with Gasteiger partial charge in [-0.1, -0.05) is 18.2 Å². The summed E-state index contributed by atoms with van der Waals surface area (Å²) < 4.78 is 5.14. The van der Waals surface area contributed by atoms with E-state index in [0.717, 1.165) is 5.56 Å². The van der Waals surface area contributed by atoms with Crippen LogP contribution in [0.25, 0.3) is 0 Å². The molecule has 0 saturated carbocycles. The van der Waals surface area contributed by atoms with Crippen LogP contribution in [0.3, 0.4) is 0 Å². The molecule has 2 aromatic carbocycles. The molecule has 2 heterocycles. The average molecular weight is 381 g/mol. The fraction of sp³-hybridized carbons (Fsp3) is 0.333. The Bertz CT molecular complexity index is 912. The summed E-state index contributed by atoms with van der Waals surface area (Å²) in [6, 6.07) is 14.0. The second kappa shape index (κ2) is 6.92. The second-order valence-corrected chi connectivity index (χ2v) is 7.31. The molecule has 2 aliphatic rings. The first kappa shape index (κ1) is 18.5. The summed E-state index contributed by atoms with van der Waals surface area (Å²) in [5.74, 6) is -0.521. The van der Waals surface area contributed by atoms with Crippen LogP contribution in [0.2, 0.25) is 0 Å². The van der Waals surface area contributed by atoms with Crippen LogP contribution in [0, 0.1) is 5.92 Å². The van der Waals surface area contributed by atoms with Crippen molar-refractivity contribution in [3.63, 3.8) is 0 Å². The van der Waals surface area contributed by atoms with Gasteiger partial charge in [0.05, 0.1) is 19.1 Å². The number of anilines is 2. The van der Waals surface area contributed by atoms with Gasteiger partial charge in [-0.25, -0.2) is 0 Å². The molecule has 2 aromatic rings. The number of benzene rings is 2. The van der Waals surface area contributed by atoms with Crippen molar-refractivity contribution in [2.75, 3.05) is 17.7 Å². The second-order valence-electron chi connectivity index (χ2n) is 7.31. The van der Waals surface area contributed by atoms with Gasteiger partial charge in [0.25, 0.3) is 0 Å². The largest absolute Gasteiger partial charge is 0.497 e. The summed E-state index contributed by atoms with van der Waals surface area (Å²) in [7, 11) is 1.58. The third-order valence-corrected chi connectivity index (χ3v) is 5.64. The van der Waals surface area contributed by atoms with Crippen molar-refractivity contribution in [3.05, 3.63) is 54.1 Å². The predicted molar refractivity (Wildman–Crippen MR) is 105 cm³/mol. The number of fused-ring (bicyclic) bond motifs is 2. The van der Waals surface area contributed by atoms with Crippen molar-refractivity contribution in [1.82, 2.24) is 5.32 Å². The van der Waals surface area contributed by atoms with Gasteiger partial charge in [-0.15, -0.1) is 0 Å². The fourth-order valence-corrected chi connectivity index (χ4v) is 4.18. The molecule has 7 heteroatoms. The quantitative estimate of drug-likeness (QED) is 0.648. The van der Waals surface area contributed by atoms with Crippen LogP contribution in [0.5, 0.6) is 5.75 Å². The lowest BCUT2D eigenvalue weighted by molar-refractivity contribution is -0.130.